The third-order valence-corrected chi connectivity index (χ3v) is 4.74. The van der Waals surface area contributed by atoms with Gasteiger partial charge in [-0.15, -0.1) is 0 Å². The standard InChI is InChI=1S/C19H16ClFN2O2/c1-11-22-17-8-5-12(9-18(17)25-11)19(24)23(13-6-7-13)10-14-15(20)3-2-4-16(14)21/h2-5,8-9,13H,6-7,10H2,1H3. The molecule has 1 aromatic heterocycles. The molecule has 1 heterocycles. The van der Waals surface area contributed by atoms with Crippen LogP contribution in [0, 0.1) is 12.7 Å². The van der Waals surface area contributed by atoms with Gasteiger partial charge in [-0.05, 0) is 43.2 Å². The number of nitrogens with zero attached hydrogens (tertiary/aromatic N) is 2. The Hall–Kier alpha value is -2.40. The summed E-state index contributed by atoms with van der Waals surface area (Å²) >= 11 is 6.13. The molecule has 0 unspecified atom stereocenters. The molecule has 1 aliphatic carbocycles. The second kappa shape index (κ2) is 6.15. The molecule has 0 bridgehead atoms. The Bertz CT molecular complexity index is 945. The van der Waals surface area contributed by atoms with Crippen molar-refractivity contribution >= 4 is 28.6 Å². The summed E-state index contributed by atoms with van der Waals surface area (Å²) in [5.74, 6) is 0.00169. The summed E-state index contributed by atoms with van der Waals surface area (Å²) in [5, 5.41) is 0.333. The molecule has 1 aliphatic rings. The summed E-state index contributed by atoms with van der Waals surface area (Å²) in [7, 11) is 0. The maximum atomic E-state index is 14.1. The molecule has 0 saturated heterocycles. The van der Waals surface area contributed by atoms with E-state index in [1.54, 1.807) is 42.2 Å². The molecule has 6 heteroatoms. The summed E-state index contributed by atoms with van der Waals surface area (Å²) in [6, 6.07) is 9.86. The second-order valence-corrected chi connectivity index (χ2v) is 6.69. The Morgan fingerprint density at radius 1 is 1.36 bits per heavy atom. The summed E-state index contributed by atoms with van der Waals surface area (Å²) in [6.45, 7) is 1.92. The van der Waals surface area contributed by atoms with Crippen molar-refractivity contribution in [3.8, 4) is 0 Å². The topological polar surface area (TPSA) is 46.3 Å². The minimum atomic E-state index is -0.396. The van der Waals surface area contributed by atoms with Crippen molar-refractivity contribution in [2.45, 2.75) is 32.4 Å². The van der Waals surface area contributed by atoms with Gasteiger partial charge in [0.2, 0.25) is 0 Å². The highest BCUT2D eigenvalue weighted by Gasteiger charge is 2.34. The number of hydrogen-bond acceptors (Lipinski definition) is 3. The van der Waals surface area contributed by atoms with E-state index in [-0.39, 0.29) is 18.5 Å². The quantitative estimate of drug-likeness (QED) is 0.677. The molecular formula is C19H16ClFN2O2. The number of hydrogen-bond donors (Lipinski definition) is 0. The van der Waals surface area contributed by atoms with Gasteiger partial charge in [-0.3, -0.25) is 4.79 Å². The molecule has 1 amide bonds. The molecule has 1 saturated carbocycles. The lowest BCUT2D eigenvalue weighted by Crippen LogP contribution is -2.33. The van der Waals surface area contributed by atoms with E-state index in [1.165, 1.54) is 6.07 Å². The number of amides is 1. The van der Waals surface area contributed by atoms with Crippen molar-refractivity contribution in [2.24, 2.45) is 0 Å². The summed E-state index contributed by atoms with van der Waals surface area (Å²) in [5.41, 5.74) is 2.14. The first-order valence-corrected chi connectivity index (χ1v) is 8.52. The number of aromatic nitrogens is 1. The van der Waals surface area contributed by atoms with Crippen LogP contribution in [0.15, 0.2) is 40.8 Å². The van der Waals surface area contributed by atoms with Crippen LogP contribution in [0.25, 0.3) is 11.1 Å². The van der Waals surface area contributed by atoms with Crippen LogP contribution < -0.4 is 0 Å². The minimum absolute atomic E-state index is 0.121. The zero-order valence-electron chi connectivity index (χ0n) is 13.6. The number of carbonyl (C=O) groups excluding carboxylic acids is 1. The van der Waals surface area contributed by atoms with E-state index >= 15 is 0 Å². The zero-order chi connectivity index (χ0) is 17.6. The molecule has 0 spiro atoms. The zero-order valence-corrected chi connectivity index (χ0v) is 14.4. The first-order valence-electron chi connectivity index (χ1n) is 8.14. The fraction of sp³-hybridized carbons (Fsp3) is 0.263. The first kappa shape index (κ1) is 16.1. The van der Waals surface area contributed by atoms with Gasteiger partial charge in [0.15, 0.2) is 11.5 Å². The molecule has 0 aliphatic heterocycles. The van der Waals surface area contributed by atoms with E-state index in [4.69, 9.17) is 16.0 Å². The highest BCUT2D eigenvalue weighted by atomic mass is 35.5. The van der Waals surface area contributed by atoms with Crippen molar-refractivity contribution in [3.05, 3.63) is 64.3 Å². The largest absolute Gasteiger partial charge is 0.441 e. The molecule has 128 valence electrons. The monoisotopic (exact) mass is 358 g/mol. The van der Waals surface area contributed by atoms with Crippen LogP contribution in [-0.2, 0) is 6.54 Å². The van der Waals surface area contributed by atoms with Gasteiger partial charge in [0, 0.05) is 29.1 Å². The number of aryl methyl sites for hydroxylation is 1. The Morgan fingerprint density at radius 3 is 2.88 bits per heavy atom. The van der Waals surface area contributed by atoms with Gasteiger partial charge in [0.25, 0.3) is 5.91 Å². The predicted molar refractivity (Wildman–Crippen MR) is 93.1 cm³/mol. The summed E-state index contributed by atoms with van der Waals surface area (Å²) in [4.78, 5) is 18.9. The van der Waals surface area contributed by atoms with Crippen LogP contribution in [-0.4, -0.2) is 21.8 Å². The third-order valence-electron chi connectivity index (χ3n) is 4.38. The van der Waals surface area contributed by atoms with Gasteiger partial charge in [-0.25, -0.2) is 9.37 Å². The van der Waals surface area contributed by atoms with Gasteiger partial charge in [-0.2, -0.15) is 0 Å². The van der Waals surface area contributed by atoms with Gasteiger partial charge in [-0.1, -0.05) is 17.7 Å². The lowest BCUT2D eigenvalue weighted by atomic mass is 10.1. The van der Waals surface area contributed by atoms with E-state index in [0.717, 1.165) is 12.8 Å². The number of oxazole rings is 1. The van der Waals surface area contributed by atoms with Crippen molar-refractivity contribution < 1.29 is 13.6 Å². The van der Waals surface area contributed by atoms with Crippen LogP contribution in [0.4, 0.5) is 4.39 Å². The molecular weight excluding hydrogens is 343 g/mol. The maximum Gasteiger partial charge on any atom is 0.254 e. The number of halogens is 2. The molecule has 4 rings (SSSR count). The van der Waals surface area contributed by atoms with Crippen LogP contribution >= 0.6 is 11.6 Å². The van der Waals surface area contributed by atoms with E-state index in [9.17, 15) is 9.18 Å². The van der Waals surface area contributed by atoms with Crippen LogP contribution in [0.1, 0.15) is 34.7 Å². The molecule has 4 nitrogen and oxygen atoms in total. The van der Waals surface area contributed by atoms with Crippen LogP contribution in [0.2, 0.25) is 5.02 Å². The Kier molecular flexibility index (Phi) is 3.96. The first-order chi connectivity index (χ1) is 12.0. The SMILES string of the molecule is Cc1nc2ccc(C(=O)N(Cc3c(F)cccc3Cl)C3CC3)cc2o1. The number of carbonyl (C=O) groups is 1. The average Bonchev–Trinajstić information content (AvgIpc) is 3.34. The third kappa shape index (κ3) is 3.12. The van der Waals surface area contributed by atoms with Crippen molar-refractivity contribution in [3.63, 3.8) is 0 Å². The number of fused-ring (bicyclic) bond motifs is 1. The van der Waals surface area contributed by atoms with Gasteiger partial charge >= 0.3 is 0 Å². The number of rotatable bonds is 4. The van der Waals surface area contributed by atoms with E-state index < -0.39 is 5.82 Å². The van der Waals surface area contributed by atoms with Crippen molar-refractivity contribution in [1.82, 2.24) is 9.88 Å². The fourth-order valence-corrected chi connectivity index (χ4v) is 3.17. The summed E-state index contributed by atoms with van der Waals surface area (Å²) in [6.07, 6.45) is 1.84. The smallest absolute Gasteiger partial charge is 0.254 e. The predicted octanol–water partition coefficient (Wildman–Crippen LogP) is 4.73. The highest BCUT2D eigenvalue weighted by molar-refractivity contribution is 6.31. The van der Waals surface area contributed by atoms with Gasteiger partial charge in [0.05, 0.1) is 6.54 Å². The molecule has 0 radical (unpaired) electrons. The molecule has 3 aromatic rings. The number of benzene rings is 2. The maximum absolute atomic E-state index is 14.1. The van der Waals surface area contributed by atoms with E-state index in [1.807, 2.05) is 0 Å². The molecule has 0 atom stereocenters. The molecule has 1 fully saturated rings. The summed E-state index contributed by atoms with van der Waals surface area (Å²) < 4.78 is 19.6. The van der Waals surface area contributed by atoms with Crippen molar-refractivity contribution in [1.29, 1.82) is 0 Å². The Labute approximate surface area is 149 Å². The molecule has 0 N–H and O–H groups in total. The second-order valence-electron chi connectivity index (χ2n) is 6.28. The van der Waals surface area contributed by atoms with Crippen LogP contribution in [0.3, 0.4) is 0 Å². The minimum Gasteiger partial charge on any atom is -0.441 e. The molecule has 25 heavy (non-hydrogen) atoms. The lowest BCUT2D eigenvalue weighted by Gasteiger charge is -2.23. The lowest BCUT2D eigenvalue weighted by molar-refractivity contribution is 0.0728. The molecule has 2 aromatic carbocycles. The van der Waals surface area contributed by atoms with Gasteiger partial charge < -0.3 is 9.32 Å². The average molecular weight is 359 g/mol. The normalized spacial score (nSPS) is 14.0. The Morgan fingerprint density at radius 2 is 2.16 bits per heavy atom. The van der Waals surface area contributed by atoms with Crippen LogP contribution in [0.5, 0.6) is 0 Å². The van der Waals surface area contributed by atoms with Gasteiger partial charge in [0.1, 0.15) is 11.3 Å². The van der Waals surface area contributed by atoms with E-state index in [2.05, 4.69) is 4.98 Å². The van der Waals surface area contributed by atoms with Crippen molar-refractivity contribution in [2.75, 3.05) is 0 Å². The fourth-order valence-electron chi connectivity index (χ4n) is 2.95. The van der Waals surface area contributed by atoms with E-state index in [0.29, 0.717) is 33.1 Å². The highest BCUT2D eigenvalue weighted by Crippen LogP contribution is 2.32. The Balaban J connectivity index is 1.66.